The number of rotatable bonds is 7. The molecule has 138 valence electrons. The van der Waals surface area contributed by atoms with Crippen LogP contribution in [0.15, 0.2) is 48.5 Å². The Morgan fingerprint density at radius 3 is 2.50 bits per heavy atom. The average Bonchev–Trinajstić information content (AvgIpc) is 2.66. The SMILES string of the molecule is COc1ccccc1NC(=S)N[C@@H](CO)[C@@H](O)c1ccc([N+](=O)[O-])cc1. The van der Waals surface area contributed by atoms with Crippen molar-refractivity contribution in [2.45, 2.75) is 12.1 Å². The molecule has 0 aliphatic heterocycles. The lowest BCUT2D eigenvalue weighted by Crippen LogP contribution is -2.43. The number of aliphatic hydroxyl groups excluding tert-OH is 2. The van der Waals surface area contributed by atoms with Crippen LogP contribution in [-0.2, 0) is 0 Å². The van der Waals surface area contributed by atoms with E-state index < -0.39 is 23.7 Å². The lowest BCUT2D eigenvalue weighted by atomic mass is 10.0. The van der Waals surface area contributed by atoms with Crippen LogP contribution in [0.2, 0.25) is 0 Å². The Labute approximate surface area is 155 Å². The summed E-state index contributed by atoms with van der Waals surface area (Å²) in [5.74, 6) is 0.591. The summed E-state index contributed by atoms with van der Waals surface area (Å²) in [6.45, 7) is -0.397. The van der Waals surface area contributed by atoms with Crippen LogP contribution in [0.25, 0.3) is 0 Å². The maximum absolute atomic E-state index is 10.7. The van der Waals surface area contributed by atoms with Crippen LogP contribution in [0.3, 0.4) is 0 Å². The fraction of sp³-hybridized carbons (Fsp3) is 0.235. The van der Waals surface area contributed by atoms with E-state index in [1.807, 2.05) is 12.1 Å². The van der Waals surface area contributed by atoms with Crippen molar-refractivity contribution in [3.63, 3.8) is 0 Å². The number of para-hydroxylation sites is 2. The monoisotopic (exact) mass is 377 g/mol. The van der Waals surface area contributed by atoms with Gasteiger partial charge in [-0.25, -0.2) is 0 Å². The molecule has 0 heterocycles. The summed E-state index contributed by atoms with van der Waals surface area (Å²) >= 11 is 5.22. The highest BCUT2D eigenvalue weighted by atomic mass is 32.1. The molecule has 0 aliphatic carbocycles. The van der Waals surface area contributed by atoms with E-state index in [4.69, 9.17) is 17.0 Å². The maximum Gasteiger partial charge on any atom is 0.269 e. The Morgan fingerprint density at radius 1 is 1.27 bits per heavy atom. The minimum atomic E-state index is -1.11. The highest BCUT2D eigenvalue weighted by Crippen LogP contribution is 2.24. The van der Waals surface area contributed by atoms with Gasteiger partial charge >= 0.3 is 0 Å². The first kappa shape index (κ1) is 19.6. The van der Waals surface area contributed by atoms with Crippen LogP contribution < -0.4 is 15.4 Å². The summed E-state index contributed by atoms with van der Waals surface area (Å²) in [5, 5.41) is 36.7. The van der Waals surface area contributed by atoms with Crippen LogP contribution in [0.4, 0.5) is 11.4 Å². The van der Waals surface area contributed by atoms with Crippen molar-refractivity contribution in [1.82, 2.24) is 5.32 Å². The molecule has 2 rings (SSSR count). The predicted molar refractivity (Wildman–Crippen MR) is 101 cm³/mol. The smallest absolute Gasteiger partial charge is 0.269 e. The van der Waals surface area contributed by atoms with Gasteiger partial charge in [-0.05, 0) is 42.0 Å². The van der Waals surface area contributed by atoms with Crippen molar-refractivity contribution < 1.29 is 19.9 Å². The molecule has 0 saturated carbocycles. The second kappa shape index (κ2) is 9.09. The predicted octanol–water partition coefficient (Wildman–Crippen LogP) is 1.98. The van der Waals surface area contributed by atoms with Crippen molar-refractivity contribution in [2.75, 3.05) is 19.0 Å². The van der Waals surface area contributed by atoms with Gasteiger partial charge in [0.15, 0.2) is 5.11 Å². The van der Waals surface area contributed by atoms with Crippen molar-refractivity contribution in [1.29, 1.82) is 0 Å². The zero-order valence-electron chi connectivity index (χ0n) is 14.0. The molecule has 8 nitrogen and oxygen atoms in total. The molecular formula is C17H19N3O5S. The number of non-ortho nitro benzene ring substituents is 1. The Hall–Kier alpha value is -2.75. The molecule has 0 aromatic heterocycles. The third kappa shape index (κ3) is 4.88. The summed E-state index contributed by atoms with van der Waals surface area (Å²) in [5.41, 5.74) is 0.971. The summed E-state index contributed by atoms with van der Waals surface area (Å²) in [4.78, 5) is 10.2. The number of benzene rings is 2. The minimum Gasteiger partial charge on any atom is -0.495 e. The number of nitrogens with zero attached hydrogens (tertiary/aromatic N) is 1. The molecule has 2 aromatic carbocycles. The summed E-state index contributed by atoms with van der Waals surface area (Å²) in [6, 6.07) is 11.8. The fourth-order valence-electron chi connectivity index (χ4n) is 2.32. The van der Waals surface area contributed by atoms with Gasteiger partial charge in [0, 0.05) is 12.1 Å². The van der Waals surface area contributed by atoms with E-state index in [0.717, 1.165) is 0 Å². The van der Waals surface area contributed by atoms with Gasteiger partial charge in [-0.1, -0.05) is 12.1 Å². The molecule has 0 bridgehead atoms. The van der Waals surface area contributed by atoms with Gasteiger partial charge in [0.05, 0.1) is 30.4 Å². The van der Waals surface area contributed by atoms with Crippen LogP contribution in [0.5, 0.6) is 5.75 Å². The summed E-state index contributed by atoms with van der Waals surface area (Å²) < 4.78 is 5.22. The molecule has 2 atom stereocenters. The van der Waals surface area contributed by atoms with Gasteiger partial charge in [-0.2, -0.15) is 0 Å². The Kier molecular flexibility index (Phi) is 6.84. The molecular weight excluding hydrogens is 358 g/mol. The van der Waals surface area contributed by atoms with E-state index in [0.29, 0.717) is 17.0 Å². The number of nitro benzene ring substituents is 1. The van der Waals surface area contributed by atoms with Gasteiger partial charge in [-0.15, -0.1) is 0 Å². The zero-order valence-corrected chi connectivity index (χ0v) is 14.8. The highest BCUT2D eigenvalue weighted by Gasteiger charge is 2.22. The second-order valence-corrected chi connectivity index (χ2v) is 5.79. The van der Waals surface area contributed by atoms with Gasteiger partial charge in [0.2, 0.25) is 0 Å². The molecule has 0 fully saturated rings. The molecule has 4 N–H and O–H groups in total. The Bertz CT molecular complexity index is 769. The number of hydrogen-bond donors (Lipinski definition) is 4. The number of ether oxygens (including phenoxy) is 1. The quantitative estimate of drug-likeness (QED) is 0.329. The molecule has 0 radical (unpaired) electrons. The Morgan fingerprint density at radius 2 is 1.92 bits per heavy atom. The topological polar surface area (TPSA) is 117 Å². The number of aliphatic hydroxyl groups is 2. The van der Waals surface area contributed by atoms with Crippen molar-refractivity contribution in [2.24, 2.45) is 0 Å². The number of nitro groups is 1. The first-order valence-electron chi connectivity index (χ1n) is 7.70. The van der Waals surface area contributed by atoms with Crippen molar-refractivity contribution in [3.8, 4) is 5.75 Å². The molecule has 2 aromatic rings. The molecule has 0 aliphatic rings. The van der Waals surface area contributed by atoms with Crippen LogP contribution >= 0.6 is 12.2 Å². The number of thiocarbonyl (C=S) groups is 1. The first-order chi connectivity index (χ1) is 12.5. The summed E-state index contributed by atoms with van der Waals surface area (Å²) in [7, 11) is 1.53. The third-order valence-corrected chi connectivity index (χ3v) is 3.91. The van der Waals surface area contributed by atoms with E-state index >= 15 is 0 Å². The normalized spacial score (nSPS) is 12.7. The maximum atomic E-state index is 10.7. The second-order valence-electron chi connectivity index (χ2n) is 5.38. The van der Waals surface area contributed by atoms with E-state index in [2.05, 4.69) is 10.6 Å². The van der Waals surface area contributed by atoms with E-state index in [1.54, 1.807) is 12.1 Å². The molecule has 0 amide bonds. The van der Waals surface area contributed by atoms with Gasteiger partial charge in [-0.3, -0.25) is 10.1 Å². The summed E-state index contributed by atoms with van der Waals surface area (Å²) in [6.07, 6.45) is -1.11. The zero-order chi connectivity index (χ0) is 19.1. The third-order valence-electron chi connectivity index (χ3n) is 3.69. The van der Waals surface area contributed by atoms with E-state index in [1.165, 1.54) is 31.4 Å². The van der Waals surface area contributed by atoms with Crippen LogP contribution in [-0.4, -0.2) is 40.0 Å². The first-order valence-corrected chi connectivity index (χ1v) is 8.11. The molecule has 0 unspecified atom stereocenters. The highest BCUT2D eigenvalue weighted by molar-refractivity contribution is 7.80. The average molecular weight is 377 g/mol. The molecule has 0 spiro atoms. The van der Waals surface area contributed by atoms with Gasteiger partial charge in [0.25, 0.3) is 5.69 Å². The lowest BCUT2D eigenvalue weighted by Gasteiger charge is -2.24. The number of anilines is 1. The number of nitrogens with one attached hydrogen (secondary N) is 2. The van der Waals surface area contributed by atoms with Gasteiger partial charge < -0.3 is 25.6 Å². The molecule has 0 saturated heterocycles. The van der Waals surface area contributed by atoms with Gasteiger partial charge in [0.1, 0.15) is 11.9 Å². The number of methoxy groups -OCH3 is 1. The standard InChI is InChI=1S/C17H19N3O5S/c1-25-15-5-3-2-4-13(15)18-17(26)19-14(10-21)16(22)11-6-8-12(9-7-11)20(23)24/h2-9,14,16,21-22H,10H2,1H3,(H2,18,19,26)/t14-,16-/m0/s1. The van der Waals surface area contributed by atoms with Crippen LogP contribution in [0, 0.1) is 10.1 Å². The van der Waals surface area contributed by atoms with E-state index in [-0.39, 0.29) is 10.8 Å². The largest absolute Gasteiger partial charge is 0.495 e. The Balaban J connectivity index is 2.05. The fourth-order valence-corrected chi connectivity index (χ4v) is 2.59. The van der Waals surface area contributed by atoms with E-state index in [9.17, 15) is 20.3 Å². The molecule has 26 heavy (non-hydrogen) atoms. The van der Waals surface area contributed by atoms with Crippen LogP contribution in [0.1, 0.15) is 11.7 Å². The molecule has 9 heteroatoms. The lowest BCUT2D eigenvalue weighted by molar-refractivity contribution is -0.384. The minimum absolute atomic E-state index is 0.0807. The van der Waals surface area contributed by atoms with Crippen molar-refractivity contribution >= 4 is 28.7 Å². The number of hydrogen-bond acceptors (Lipinski definition) is 6. The van der Waals surface area contributed by atoms with Crippen molar-refractivity contribution in [3.05, 3.63) is 64.2 Å².